The Morgan fingerprint density at radius 1 is 1.53 bits per heavy atom. The first kappa shape index (κ1) is 13.8. The molecule has 2 rings (SSSR count). The smallest absolute Gasteiger partial charge is 0.132 e. The molecule has 5 heteroatoms. The van der Waals surface area contributed by atoms with Crippen molar-refractivity contribution in [2.24, 2.45) is 0 Å². The van der Waals surface area contributed by atoms with Crippen LogP contribution in [0.1, 0.15) is 37.9 Å². The lowest BCUT2D eigenvalue weighted by Gasteiger charge is -2.42. The van der Waals surface area contributed by atoms with Gasteiger partial charge in [-0.25, -0.2) is 0 Å². The molecule has 19 heavy (non-hydrogen) atoms. The highest BCUT2D eigenvalue weighted by molar-refractivity contribution is 7.80. The molecule has 4 nitrogen and oxygen atoms in total. The van der Waals surface area contributed by atoms with Crippen LogP contribution in [0.15, 0.2) is 18.2 Å². The molecule has 0 radical (unpaired) electrons. The fourth-order valence-electron chi connectivity index (χ4n) is 2.24. The van der Waals surface area contributed by atoms with Gasteiger partial charge in [0.2, 0.25) is 0 Å². The molecule has 1 aliphatic rings. The van der Waals surface area contributed by atoms with E-state index in [9.17, 15) is 5.11 Å². The van der Waals surface area contributed by atoms with Crippen molar-refractivity contribution in [3.63, 3.8) is 0 Å². The molecule has 1 aromatic carbocycles. The van der Waals surface area contributed by atoms with Crippen LogP contribution >= 0.6 is 12.2 Å². The second kappa shape index (κ2) is 4.80. The van der Waals surface area contributed by atoms with Gasteiger partial charge < -0.3 is 15.2 Å². The SMILES string of the molecule is CC(=S)N[C@H]1c2cc(C#N)ccc2OC(C)(C)[C@@H]1O. The Balaban J connectivity index is 2.52. The number of aliphatic hydroxyl groups is 1. The highest BCUT2D eigenvalue weighted by atomic mass is 32.1. The molecule has 0 amide bonds. The van der Waals surface area contributed by atoms with Gasteiger partial charge in [-0.15, -0.1) is 0 Å². The van der Waals surface area contributed by atoms with Crippen LogP contribution in [0, 0.1) is 11.3 Å². The average Bonchev–Trinajstić information content (AvgIpc) is 2.34. The zero-order valence-electron chi connectivity index (χ0n) is 11.1. The van der Waals surface area contributed by atoms with Crippen molar-refractivity contribution < 1.29 is 9.84 Å². The van der Waals surface area contributed by atoms with Crippen molar-refractivity contribution >= 4 is 17.2 Å². The summed E-state index contributed by atoms with van der Waals surface area (Å²) in [5.74, 6) is 0.669. The van der Waals surface area contributed by atoms with E-state index in [1.54, 1.807) is 25.1 Å². The zero-order chi connectivity index (χ0) is 14.2. The molecular weight excluding hydrogens is 260 g/mol. The number of nitrogens with one attached hydrogen (secondary N) is 1. The Morgan fingerprint density at radius 2 is 2.21 bits per heavy atom. The molecule has 0 saturated carbocycles. The van der Waals surface area contributed by atoms with E-state index in [-0.39, 0.29) is 6.04 Å². The van der Waals surface area contributed by atoms with Crippen LogP contribution in [-0.2, 0) is 0 Å². The van der Waals surface area contributed by atoms with Crippen LogP contribution in [-0.4, -0.2) is 21.8 Å². The first-order valence-electron chi connectivity index (χ1n) is 6.03. The summed E-state index contributed by atoms with van der Waals surface area (Å²) in [4.78, 5) is 0.593. The predicted octanol–water partition coefficient (Wildman–Crippen LogP) is 2.07. The third-order valence-electron chi connectivity index (χ3n) is 3.23. The maximum absolute atomic E-state index is 10.4. The molecule has 1 aromatic rings. The topological polar surface area (TPSA) is 65.3 Å². The number of fused-ring (bicyclic) bond motifs is 1. The third kappa shape index (κ3) is 2.55. The second-order valence-electron chi connectivity index (χ2n) is 5.19. The Bertz CT molecular complexity index is 563. The van der Waals surface area contributed by atoms with E-state index >= 15 is 0 Å². The summed E-state index contributed by atoms with van der Waals surface area (Å²) in [5.41, 5.74) is 0.571. The van der Waals surface area contributed by atoms with Gasteiger partial charge in [-0.3, -0.25) is 0 Å². The maximum atomic E-state index is 10.4. The van der Waals surface area contributed by atoms with E-state index < -0.39 is 11.7 Å². The summed E-state index contributed by atoms with van der Waals surface area (Å²) >= 11 is 5.07. The van der Waals surface area contributed by atoms with Crippen LogP contribution in [0.5, 0.6) is 5.75 Å². The van der Waals surface area contributed by atoms with Gasteiger partial charge in [0.25, 0.3) is 0 Å². The van der Waals surface area contributed by atoms with E-state index in [0.29, 0.717) is 16.3 Å². The van der Waals surface area contributed by atoms with Crippen LogP contribution in [0.25, 0.3) is 0 Å². The van der Waals surface area contributed by atoms with Gasteiger partial charge in [-0.2, -0.15) is 5.26 Å². The largest absolute Gasteiger partial charge is 0.485 e. The van der Waals surface area contributed by atoms with Crippen molar-refractivity contribution in [1.82, 2.24) is 5.32 Å². The molecule has 2 N–H and O–H groups in total. The van der Waals surface area contributed by atoms with Crippen LogP contribution < -0.4 is 10.1 Å². The van der Waals surface area contributed by atoms with Gasteiger partial charge in [-0.1, -0.05) is 12.2 Å². The molecular formula is C14H16N2O2S. The number of hydrogen-bond acceptors (Lipinski definition) is 4. The molecule has 0 aliphatic carbocycles. The molecule has 0 bridgehead atoms. The van der Waals surface area contributed by atoms with Gasteiger partial charge in [0, 0.05) is 5.56 Å². The molecule has 0 fully saturated rings. The molecule has 0 aromatic heterocycles. The van der Waals surface area contributed by atoms with Crippen LogP contribution in [0.2, 0.25) is 0 Å². The van der Waals surface area contributed by atoms with Crippen LogP contribution in [0.3, 0.4) is 0 Å². The minimum Gasteiger partial charge on any atom is -0.485 e. The summed E-state index contributed by atoms with van der Waals surface area (Å²) < 4.78 is 5.80. The van der Waals surface area contributed by atoms with Gasteiger partial charge in [0.05, 0.1) is 22.7 Å². The number of aliphatic hydroxyl groups excluding tert-OH is 1. The molecule has 100 valence electrons. The normalized spacial score (nSPS) is 23.7. The summed E-state index contributed by atoms with van der Waals surface area (Å²) in [6, 6.07) is 6.90. The number of hydrogen-bond donors (Lipinski definition) is 2. The summed E-state index contributed by atoms with van der Waals surface area (Å²) in [7, 11) is 0. The number of benzene rings is 1. The van der Waals surface area contributed by atoms with Crippen molar-refractivity contribution in [1.29, 1.82) is 5.26 Å². The minimum atomic E-state index is -0.758. The number of nitriles is 1. The quantitative estimate of drug-likeness (QED) is 0.769. The van der Waals surface area contributed by atoms with Crippen molar-refractivity contribution in [2.45, 2.75) is 38.5 Å². The Labute approximate surface area is 118 Å². The lowest BCUT2D eigenvalue weighted by molar-refractivity contribution is -0.0609. The summed E-state index contributed by atoms with van der Waals surface area (Å²) in [6.07, 6.45) is -0.758. The number of ether oxygens (including phenoxy) is 1. The fraction of sp³-hybridized carbons (Fsp3) is 0.429. The molecule has 0 saturated heterocycles. The number of nitrogens with zero attached hydrogens (tertiary/aromatic N) is 1. The van der Waals surface area contributed by atoms with E-state index in [2.05, 4.69) is 11.4 Å². The molecule has 0 spiro atoms. The van der Waals surface area contributed by atoms with Gasteiger partial charge >= 0.3 is 0 Å². The van der Waals surface area contributed by atoms with E-state index in [0.717, 1.165) is 5.56 Å². The molecule has 0 unspecified atom stereocenters. The standard InChI is InChI=1S/C14H16N2O2S/c1-8(19)16-12-10-6-9(7-15)4-5-11(10)18-14(2,3)13(12)17/h4-6,12-13,17H,1-3H3,(H,16,19)/t12-,13+/m0/s1. The maximum Gasteiger partial charge on any atom is 0.132 e. The van der Waals surface area contributed by atoms with E-state index in [4.69, 9.17) is 22.2 Å². The Kier molecular flexibility index (Phi) is 3.48. The number of thiocarbonyl (C=S) groups is 1. The first-order valence-corrected chi connectivity index (χ1v) is 6.44. The Morgan fingerprint density at radius 3 is 2.79 bits per heavy atom. The average molecular weight is 276 g/mol. The highest BCUT2D eigenvalue weighted by Crippen LogP contribution is 2.40. The molecule has 2 atom stereocenters. The minimum absolute atomic E-state index is 0.371. The highest BCUT2D eigenvalue weighted by Gasteiger charge is 2.43. The van der Waals surface area contributed by atoms with Gasteiger partial charge in [-0.05, 0) is 39.0 Å². The monoisotopic (exact) mass is 276 g/mol. The lowest BCUT2D eigenvalue weighted by Crippen LogP contribution is -2.53. The van der Waals surface area contributed by atoms with E-state index in [1.807, 2.05) is 13.8 Å². The van der Waals surface area contributed by atoms with Gasteiger partial charge in [0.1, 0.15) is 17.5 Å². The number of rotatable bonds is 1. The van der Waals surface area contributed by atoms with Crippen LogP contribution in [0.4, 0.5) is 0 Å². The Hall–Kier alpha value is -1.64. The fourth-order valence-corrected chi connectivity index (χ4v) is 2.37. The zero-order valence-corrected chi connectivity index (χ0v) is 11.9. The van der Waals surface area contributed by atoms with Crippen molar-refractivity contribution in [2.75, 3.05) is 0 Å². The van der Waals surface area contributed by atoms with Gasteiger partial charge in [0.15, 0.2) is 0 Å². The molecule has 1 heterocycles. The van der Waals surface area contributed by atoms with E-state index in [1.165, 1.54) is 0 Å². The second-order valence-corrected chi connectivity index (χ2v) is 5.81. The lowest BCUT2D eigenvalue weighted by atomic mass is 9.86. The predicted molar refractivity (Wildman–Crippen MR) is 76.0 cm³/mol. The molecule has 1 aliphatic heterocycles. The summed E-state index contributed by atoms with van der Waals surface area (Å²) in [6.45, 7) is 5.41. The van der Waals surface area contributed by atoms with Crippen molar-refractivity contribution in [3.05, 3.63) is 29.3 Å². The van der Waals surface area contributed by atoms with Crippen molar-refractivity contribution in [3.8, 4) is 11.8 Å². The first-order chi connectivity index (χ1) is 8.85. The summed E-state index contributed by atoms with van der Waals surface area (Å²) in [5, 5.41) is 22.5. The third-order valence-corrected chi connectivity index (χ3v) is 3.35.